The Balaban J connectivity index is 1.53. The van der Waals surface area contributed by atoms with E-state index in [1.807, 2.05) is 66.7 Å². The van der Waals surface area contributed by atoms with Gasteiger partial charge in [-0.25, -0.2) is 0 Å². The van der Waals surface area contributed by atoms with E-state index in [2.05, 4.69) is 25.9 Å². The molecule has 2 nitrogen and oxygen atoms in total. The molecule has 6 aromatic rings. The fourth-order valence-electron chi connectivity index (χ4n) is 4.71. The van der Waals surface area contributed by atoms with Crippen LogP contribution in [0.25, 0.3) is 43.5 Å². The first kappa shape index (κ1) is 22.2. The van der Waals surface area contributed by atoms with Crippen LogP contribution in [-0.4, -0.2) is 16.1 Å². The van der Waals surface area contributed by atoms with E-state index in [1.54, 1.807) is 18.2 Å². The van der Waals surface area contributed by atoms with Gasteiger partial charge in [0.15, 0.2) is 0 Å². The van der Waals surface area contributed by atoms with E-state index in [9.17, 15) is 13.2 Å². The molecule has 0 bridgehead atoms. The Labute approximate surface area is 211 Å². The van der Waals surface area contributed by atoms with Gasteiger partial charge in [0.05, 0.1) is 5.69 Å². The lowest BCUT2D eigenvalue weighted by atomic mass is 9.96. The molecule has 0 saturated carbocycles. The normalized spacial score (nSPS) is 13.0. The average molecular weight is 551 g/mol. The van der Waals surface area contributed by atoms with Gasteiger partial charge in [-0.15, -0.1) is 11.3 Å². The van der Waals surface area contributed by atoms with Crippen LogP contribution in [0, 0.1) is 0 Å². The molecule has 35 heavy (non-hydrogen) atoms. The van der Waals surface area contributed by atoms with Crippen LogP contribution >= 0.6 is 27.3 Å². The van der Waals surface area contributed by atoms with Gasteiger partial charge in [-0.3, -0.25) is 0 Å². The topological polar surface area (TPSA) is 31.6 Å². The highest BCUT2D eigenvalue weighted by Gasteiger charge is 2.44. The molecule has 0 amide bonds. The number of thiophene rings is 1. The molecule has 0 aliphatic heterocycles. The minimum atomic E-state index is -4.44. The predicted molar refractivity (Wildman–Crippen MR) is 141 cm³/mol. The van der Waals surface area contributed by atoms with E-state index in [0.717, 1.165) is 37.1 Å². The van der Waals surface area contributed by atoms with Gasteiger partial charge in [-0.2, -0.15) is 13.2 Å². The number of H-pyrrole nitrogens is 2. The molecule has 1 atom stereocenters. The second-order valence-corrected chi connectivity index (χ2v) is 10.4. The molecule has 6 rings (SSSR count). The Morgan fingerprint density at radius 1 is 0.800 bits per heavy atom. The van der Waals surface area contributed by atoms with Gasteiger partial charge in [0.25, 0.3) is 0 Å². The first-order chi connectivity index (χ1) is 16.9. The molecular weight excluding hydrogens is 533 g/mol. The largest absolute Gasteiger partial charge is 0.400 e. The predicted octanol–water partition coefficient (Wildman–Crippen LogP) is 9.50. The summed E-state index contributed by atoms with van der Waals surface area (Å²) < 4.78 is 44.3. The number of para-hydroxylation sites is 1. The highest BCUT2D eigenvalue weighted by Crippen LogP contribution is 2.48. The van der Waals surface area contributed by atoms with Gasteiger partial charge >= 0.3 is 6.18 Å². The molecule has 0 spiro atoms. The van der Waals surface area contributed by atoms with E-state index < -0.39 is 12.1 Å². The van der Waals surface area contributed by atoms with Crippen molar-refractivity contribution in [3.63, 3.8) is 0 Å². The summed E-state index contributed by atoms with van der Waals surface area (Å²) in [6, 6.07) is 26.5. The van der Waals surface area contributed by atoms with Crippen molar-refractivity contribution in [3.05, 3.63) is 106 Å². The van der Waals surface area contributed by atoms with E-state index >= 15 is 0 Å². The zero-order valence-electron chi connectivity index (χ0n) is 18.2. The Morgan fingerprint density at radius 2 is 1.57 bits per heavy atom. The third kappa shape index (κ3) is 3.89. The fraction of sp³-hybridized carbons (Fsp3) is 0.0714. The number of benzene rings is 3. The maximum absolute atomic E-state index is 14.5. The van der Waals surface area contributed by atoms with E-state index in [0.29, 0.717) is 10.9 Å². The zero-order valence-corrected chi connectivity index (χ0v) is 20.6. The fourth-order valence-corrected chi connectivity index (χ4v) is 6.29. The molecule has 0 saturated heterocycles. The number of rotatable bonds is 4. The maximum atomic E-state index is 14.5. The van der Waals surface area contributed by atoms with Crippen LogP contribution in [-0.2, 0) is 0 Å². The van der Waals surface area contributed by atoms with Crippen molar-refractivity contribution in [1.29, 1.82) is 0 Å². The third-order valence-electron chi connectivity index (χ3n) is 6.24. The molecule has 0 fully saturated rings. The first-order valence-corrected chi connectivity index (χ1v) is 12.6. The average Bonchev–Trinajstić information content (AvgIpc) is 3.56. The minimum absolute atomic E-state index is 0.226. The third-order valence-corrected chi connectivity index (χ3v) is 7.90. The molecule has 3 aromatic carbocycles. The lowest BCUT2D eigenvalue weighted by molar-refractivity contribution is -0.140. The summed E-state index contributed by atoms with van der Waals surface area (Å²) in [6.45, 7) is 0. The molecule has 3 aromatic heterocycles. The standard InChI is InChI=1S/C28H18BrF3N2S/c29-17-10-11-21-19(14-17)20(15-33-21)26(28(30,31)32)24-13-12-23(35-24)25-18-8-4-5-9-22(18)34-27(25)16-6-2-1-3-7-16/h1-15,26,33-34H. The summed E-state index contributed by atoms with van der Waals surface area (Å²) in [5, 5.41) is 1.55. The van der Waals surface area contributed by atoms with Gasteiger partial charge in [0, 0.05) is 47.8 Å². The number of aromatic amines is 2. The smallest absolute Gasteiger partial charge is 0.361 e. The van der Waals surface area contributed by atoms with Gasteiger partial charge < -0.3 is 9.97 Å². The van der Waals surface area contributed by atoms with Gasteiger partial charge in [0.1, 0.15) is 5.92 Å². The summed E-state index contributed by atoms with van der Waals surface area (Å²) in [5.74, 6) is -1.73. The number of fused-ring (bicyclic) bond motifs is 2. The second-order valence-electron chi connectivity index (χ2n) is 8.40. The van der Waals surface area contributed by atoms with Crippen LogP contribution in [0.3, 0.4) is 0 Å². The first-order valence-electron chi connectivity index (χ1n) is 11.0. The van der Waals surface area contributed by atoms with Crippen LogP contribution in [0.1, 0.15) is 16.4 Å². The van der Waals surface area contributed by atoms with Crippen LogP contribution < -0.4 is 0 Å². The second kappa shape index (κ2) is 8.43. The van der Waals surface area contributed by atoms with Crippen molar-refractivity contribution >= 4 is 49.1 Å². The van der Waals surface area contributed by atoms with Crippen LogP contribution in [0.4, 0.5) is 13.2 Å². The van der Waals surface area contributed by atoms with Gasteiger partial charge in [0.2, 0.25) is 0 Å². The summed E-state index contributed by atoms with van der Waals surface area (Å²) >= 11 is 4.59. The van der Waals surface area contributed by atoms with Crippen LogP contribution in [0.5, 0.6) is 0 Å². The molecule has 0 aliphatic rings. The molecular formula is C28H18BrF3N2S. The number of hydrogen-bond donors (Lipinski definition) is 2. The molecule has 1 unspecified atom stereocenters. The summed E-state index contributed by atoms with van der Waals surface area (Å²) in [5.41, 5.74) is 4.67. The van der Waals surface area contributed by atoms with Crippen molar-refractivity contribution in [1.82, 2.24) is 9.97 Å². The van der Waals surface area contributed by atoms with E-state index in [-0.39, 0.29) is 10.4 Å². The number of alkyl halides is 3. The summed E-state index contributed by atoms with van der Waals surface area (Å²) in [7, 11) is 0. The van der Waals surface area contributed by atoms with Crippen molar-refractivity contribution in [3.8, 4) is 21.7 Å². The quantitative estimate of drug-likeness (QED) is 0.219. The maximum Gasteiger partial charge on any atom is 0.400 e. The number of aromatic nitrogens is 2. The molecule has 174 valence electrons. The Hall–Kier alpha value is -3.29. The Morgan fingerprint density at radius 3 is 2.37 bits per heavy atom. The van der Waals surface area contributed by atoms with Crippen LogP contribution in [0.15, 0.2) is 95.6 Å². The van der Waals surface area contributed by atoms with Crippen molar-refractivity contribution in [2.24, 2.45) is 0 Å². The molecule has 2 N–H and O–H groups in total. The minimum Gasteiger partial charge on any atom is -0.361 e. The number of nitrogens with one attached hydrogen (secondary N) is 2. The molecule has 0 radical (unpaired) electrons. The Kier molecular flexibility index (Phi) is 5.34. The molecule has 7 heteroatoms. The summed E-state index contributed by atoms with van der Waals surface area (Å²) in [4.78, 5) is 7.55. The number of halogens is 4. The molecule has 3 heterocycles. The number of hydrogen-bond acceptors (Lipinski definition) is 1. The summed E-state index contributed by atoms with van der Waals surface area (Å²) in [6.07, 6.45) is -2.96. The molecule has 0 aliphatic carbocycles. The van der Waals surface area contributed by atoms with Gasteiger partial charge in [-0.05, 0) is 47.5 Å². The van der Waals surface area contributed by atoms with Crippen molar-refractivity contribution < 1.29 is 13.2 Å². The zero-order chi connectivity index (χ0) is 24.2. The highest BCUT2D eigenvalue weighted by molar-refractivity contribution is 9.10. The van der Waals surface area contributed by atoms with Crippen LogP contribution in [0.2, 0.25) is 0 Å². The monoisotopic (exact) mass is 550 g/mol. The van der Waals surface area contributed by atoms with Crippen molar-refractivity contribution in [2.45, 2.75) is 12.1 Å². The lowest BCUT2D eigenvalue weighted by Gasteiger charge is -2.19. The Bertz CT molecular complexity index is 1660. The van der Waals surface area contributed by atoms with E-state index in [4.69, 9.17) is 0 Å². The van der Waals surface area contributed by atoms with E-state index in [1.165, 1.54) is 17.5 Å². The van der Waals surface area contributed by atoms with Gasteiger partial charge in [-0.1, -0.05) is 64.5 Å². The lowest BCUT2D eigenvalue weighted by Crippen LogP contribution is -2.20. The highest BCUT2D eigenvalue weighted by atomic mass is 79.9. The van der Waals surface area contributed by atoms with Crippen molar-refractivity contribution in [2.75, 3.05) is 0 Å². The SMILES string of the molecule is FC(F)(F)C(c1ccc(-c2c(-c3ccccc3)[nH]c3ccccc23)s1)c1c[nH]c2ccc(Br)cc12.